The van der Waals surface area contributed by atoms with Crippen molar-refractivity contribution >= 4 is 23.6 Å². The van der Waals surface area contributed by atoms with Gasteiger partial charge >= 0.3 is 5.97 Å². The first-order chi connectivity index (χ1) is 27.0. The summed E-state index contributed by atoms with van der Waals surface area (Å²) in [6.45, 7) is 3.40. The zero-order valence-electron chi connectivity index (χ0n) is 35.5. The molecule has 0 aromatic heterocycles. The lowest BCUT2D eigenvalue weighted by atomic mass is 9.82. The predicted molar refractivity (Wildman–Crippen MR) is 222 cm³/mol. The van der Waals surface area contributed by atoms with Gasteiger partial charge in [-0.3, -0.25) is 24.9 Å². The number of nitrogens with zero attached hydrogens (tertiary/aromatic N) is 1. The van der Waals surface area contributed by atoms with Crippen LogP contribution in [0, 0.1) is 5.92 Å². The number of carboxylic acid groups (broad SMARTS) is 1. The lowest BCUT2D eigenvalue weighted by molar-refractivity contribution is -0.291. The molecule has 0 unspecified atom stereocenters. The molecule has 1 rings (SSSR count). The maximum Gasteiger partial charge on any atom is 0.303 e. The highest BCUT2D eigenvalue weighted by Gasteiger charge is 2.58. The number of unbranched alkanes of at least 4 members (excludes halogenated alkanes) is 24. The fourth-order valence-electron chi connectivity index (χ4n) is 7.83. The van der Waals surface area contributed by atoms with Gasteiger partial charge in [-0.2, -0.15) is 0 Å². The monoisotopic (exact) mass is 798 g/mol. The van der Waals surface area contributed by atoms with E-state index in [-0.39, 0.29) is 31.7 Å². The molecule has 1 aliphatic rings. The van der Waals surface area contributed by atoms with E-state index in [4.69, 9.17) is 15.6 Å². The van der Waals surface area contributed by atoms with Crippen molar-refractivity contribution in [3.8, 4) is 0 Å². The number of carbonyl (C=O) groups is 4. The molecule has 12 nitrogen and oxygen atoms in total. The van der Waals surface area contributed by atoms with Crippen molar-refractivity contribution in [2.75, 3.05) is 19.7 Å². The molecule has 1 heterocycles. The van der Waals surface area contributed by atoms with Crippen LogP contribution in [0.4, 0.5) is 0 Å². The number of hydrogen-bond donors (Lipinski definition) is 6. The van der Waals surface area contributed by atoms with Crippen LogP contribution in [0.15, 0.2) is 0 Å². The minimum Gasteiger partial charge on any atom is -0.481 e. The largest absolute Gasteiger partial charge is 0.481 e. The van der Waals surface area contributed by atoms with Crippen molar-refractivity contribution in [3.63, 3.8) is 0 Å². The first kappa shape index (κ1) is 51.9. The molecule has 0 aliphatic carbocycles. The third kappa shape index (κ3) is 22.1. The summed E-state index contributed by atoms with van der Waals surface area (Å²) >= 11 is 0. The van der Waals surface area contributed by atoms with Gasteiger partial charge < -0.3 is 35.4 Å². The summed E-state index contributed by atoms with van der Waals surface area (Å²) in [4.78, 5) is 52.4. The smallest absolute Gasteiger partial charge is 0.303 e. The molecule has 1 fully saturated rings. The van der Waals surface area contributed by atoms with E-state index in [0.29, 0.717) is 25.7 Å². The number of rotatable bonds is 37. The standard InChI is InChI=1S/C44H83N3O9/c1-3-5-7-9-11-13-15-16-17-18-19-20-22-24-26-31-39(51)47(33-29-25-23-21-14-12-10-8-6-4-2)44(45)41(43(55)42(54)37(35-48)56-44)36(49)34-46-38(50)30-27-28-32-40(52)53/h37,41-43,48,54-55H,3-35,45H2,1-2H3,(H,46,50)(H,52,53)/t37-,41-,42-,43-,44+/m1/s1. The molecular weight excluding hydrogens is 714 g/mol. The van der Waals surface area contributed by atoms with Crippen LogP contribution in [-0.2, 0) is 23.9 Å². The van der Waals surface area contributed by atoms with Gasteiger partial charge in [-0.05, 0) is 25.7 Å². The minimum absolute atomic E-state index is 0.00979. The Bertz CT molecular complexity index is 1050. The topological polar surface area (TPSA) is 200 Å². The second kappa shape index (κ2) is 32.8. The number of aliphatic hydroxyl groups excluding tert-OH is 3. The number of carbonyl (C=O) groups excluding carboxylic acids is 3. The molecule has 0 spiro atoms. The Hall–Kier alpha value is -2.12. The van der Waals surface area contributed by atoms with E-state index in [9.17, 15) is 34.5 Å². The molecule has 1 saturated heterocycles. The Morgan fingerprint density at radius 2 is 1.02 bits per heavy atom. The van der Waals surface area contributed by atoms with E-state index >= 15 is 0 Å². The molecule has 0 radical (unpaired) electrons. The number of aliphatic hydroxyl groups is 3. The average molecular weight is 798 g/mol. The molecular formula is C44H83N3O9. The van der Waals surface area contributed by atoms with Crippen LogP contribution in [0.1, 0.15) is 206 Å². The fourth-order valence-corrected chi connectivity index (χ4v) is 7.83. The quantitative estimate of drug-likeness (QED) is 0.0268. The molecule has 328 valence electrons. The summed E-state index contributed by atoms with van der Waals surface area (Å²) in [5.74, 6) is -6.23. The van der Waals surface area contributed by atoms with Gasteiger partial charge in [0.2, 0.25) is 17.7 Å². The number of amides is 2. The van der Waals surface area contributed by atoms with Gasteiger partial charge in [0.25, 0.3) is 0 Å². The zero-order valence-corrected chi connectivity index (χ0v) is 35.5. The fraction of sp³-hybridized carbons (Fsp3) is 0.909. The van der Waals surface area contributed by atoms with Crippen LogP contribution < -0.4 is 11.1 Å². The van der Waals surface area contributed by atoms with E-state index in [1.165, 1.54) is 108 Å². The summed E-state index contributed by atoms with van der Waals surface area (Å²) in [7, 11) is 0. The maximum absolute atomic E-state index is 14.0. The highest BCUT2D eigenvalue weighted by molar-refractivity contribution is 5.89. The molecule has 7 N–H and O–H groups in total. The van der Waals surface area contributed by atoms with Gasteiger partial charge in [-0.15, -0.1) is 0 Å². The molecule has 0 bridgehead atoms. The molecule has 0 aromatic carbocycles. The van der Waals surface area contributed by atoms with Crippen molar-refractivity contribution in [1.82, 2.24) is 10.2 Å². The Labute approximate surface area is 339 Å². The van der Waals surface area contributed by atoms with E-state index in [2.05, 4.69) is 19.2 Å². The Morgan fingerprint density at radius 1 is 0.607 bits per heavy atom. The third-order valence-electron chi connectivity index (χ3n) is 11.3. The number of nitrogens with two attached hydrogens (primary N) is 1. The molecule has 5 atom stereocenters. The van der Waals surface area contributed by atoms with E-state index in [1.807, 2.05) is 0 Å². The number of Topliss-reactive ketones (excluding diaryl/α,β-unsaturated/α-hetero) is 1. The molecule has 2 amide bonds. The number of hydrogen-bond acceptors (Lipinski definition) is 9. The number of aliphatic carboxylic acids is 1. The summed E-state index contributed by atoms with van der Waals surface area (Å²) in [6, 6.07) is 0. The van der Waals surface area contributed by atoms with Crippen molar-refractivity contribution in [3.05, 3.63) is 0 Å². The molecule has 0 aromatic rings. The van der Waals surface area contributed by atoms with Crippen LogP contribution in [0.25, 0.3) is 0 Å². The van der Waals surface area contributed by atoms with Crippen LogP contribution >= 0.6 is 0 Å². The zero-order chi connectivity index (χ0) is 41.4. The van der Waals surface area contributed by atoms with E-state index in [0.717, 1.165) is 44.9 Å². The van der Waals surface area contributed by atoms with Crippen molar-refractivity contribution in [2.24, 2.45) is 11.7 Å². The second-order valence-corrected chi connectivity index (χ2v) is 16.3. The SMILES string of the molecule is CCCCCCCCCCCCCCCCCC(=O)N(CCCCCCCCCCCC)[C@]1(N)O[C@H](CO)[C@@H](O)[C@H](O)[C@H]1C(=O)CNC(=O)CCCCC(=O)O. The summed E-state index contributed by atoms with van der Waals surface area (Å²) in [6.07, 6.45) is 24.8. The highest BCUT2D eigenvalue weighted by atomic mass is 16.6. The summed E-state index contributed by atoms with van der Waals surface area (Å²) < 4.78 is 6.04. The first-order valence-corrected chi connectivity index (χ1v) is 22.8. The van der Waals surface area contributed by atoms with Gasteiger partial charge in [0, 0.05) is 25.8 Å². The van der Waals surface area contributed by atoms with Crippen LogP contribution in [0.3, 0.4) is 0 Å². The van der Waals surface area contributed by atoms with Gasteiger partial charge in [-0.1, -0.05) is 162 Å². The highest BCUT2D eigenvalue weighted by Crippen LogP contribution is 2.36. The minimum atomic E-state index is -2.17. The molecule has 56 heavy (non-hydrogen) atoms. The van der Waals surface area contributed by atoms with Crippen molar-refractivity contribution in [2.45, 2.75) is 231 Å². The third-order valence-corrected chi connectivity index (χ3v) is 11.3. The second-order valence-electron chi connectivity index (χ2n) is 16.3. The number of ketones is 1. The number of carboxylic acids is 1. The molecule has 12 heteroatoms. The lowest BCUT2D eigenvalue weighted by Crippen LogP contribution is -2.75. The predicted octanol–water partition coefficient (Wildman–Crippen LogP) is 7.67. The molecule has 1 aliphatic heterocycles. The maximum atomic E-state index is 14.0. The van der Waals surface area contributed by atoms with Gasteiger partial charge in [0.15, 0.2) is 5.78 Å². The Balaban J connectivity index is 2.86. The summed E-state index contributed by atoms with van der Waals surface area (Å²) in [5, 5.41) is 43.5. The van der Waals surface area contributed by atoms with Crippen LogP contribution in [-0.4, -0.2) is 92.8 Å². The van der Waals surface area contributed by atoms with Gasteiger partial charge in [0.05, 0.1) is 19.3 Å². The number of nitrogens with one attached hydrogen (secondary N) is 1. The van der Waals surface area contributed by atoms with E-state index < -0.39 is 60.9 Å². The van der Waals surface area contributed by atoms with Crippen LogP contribution in [0.5, 0.6) is 0 Å². The molecule has 0 saturated carbocycles. The van der Waals surface area contributed by atoms with E-state index in [1.54, 1.807) is 0 Å². The average Bonchev–Trinajstić information content (AvgIpc) is 3.17. The Kier molecular flexibility index (Phi) is 30.4. The van der Waals surface area contributed by atoms with Crippen molar-refractivity contribution < 1.29 is 44.3 Å². The van der Waals surface area contributed by atoms with Gasteiger partial charge in [-0.25, -0.2) is 0 Å². The Morgan fingerprint density at radius 3 is 1.46 bits per heavy atom. The normalized spacial score (nSPS) is 20.9. The first-order valence-electron chi connectivity index (χ1n) is 22.8. The van der Waals surface area contributed by atoms with Crippen LogP contribution in [0.2, 0.25) is 0 Å². The van der Waals surface area contributed by atoms with Crippen molar-refractivity contribution in [1.29, 1.82) is 0 Å². The lowest BCUT2D eigenvalue weighted by Gasteiger charge is -2.52. The van der Waals surface area contributed by atoms with Gasteiger partial charge in [0.1, 0.15) is 18.1 Å². The summed E-state index contributed by atoms with van der Waals surface area (Å²) in [5.41, 5.74) is 6.89. The number of ether oxygens (including phenoxy) is 1.